The van der Waals surface area contributed by atoms with E-state index in [4.69, 9.17) is 5.11 Å². The number of hydrogen-bond donors (Lipinski definition) is 3. The number of benzene rings is 3. The van der Waals surface area contributed by atoms with Crippen molar-refractivity contribution in [2.24, 2.45) is 4.99 Å². The monoisotopic (exact) mass is 607 g/mol. The third kappa shape index (κ3) is 9.49. The van der Waals surface area contributed by atoms with Crippen molar-refractivity contribution < 1.29 is 32.6 Å². The highest BCUT2D eigenvalue weighted by Crippen LogP contribution is 2.34. The number of hydrogen-bond acceptors (Lipinski definition) is 5. The van der Waals surface area contributed by atoms with Gasteiger partial charge in [-0.15, -0.1) is 13.2 Å². The van der Waals surface area contributed by atoms with Crippen molar-refractivity contribution in [1.82, 2.24) is 10.6 Å². The third-order valence-electron chi connectivity index (χ3n) is 7.19. The molecule has 1 fully saturated rings. The van der Waals surface area contributed by atoms with Crippen LogP contribution in [0, 0.1) is 11.5 Å². The van der Waals surface area contributed by atoms with Crippen LogP contribution < -0.4 is 20.3 Å². The van der Waals surface area contributed by atoms with Crippen LogP contribution in [0.25, 0.3) is 0 Å². The van der Waals surface area contributed by atoms with E-state index in [0.29, 0.717) is 11.5 Å². The molecule has 3 aromatic rings. The van der Waals surface area contributed by atoms with E-state index in [-0.39, 0.29) is 31.2 Å². The van der Waals surface area contributed by atoms with E-state index < -0.39 is 24.0 Å². The fourth-order valence-electron chi connectivity index (χ4n) is 5.03. The highest BCUT2D eigenvalue weighted by molar-refractivity contribution is 5.98. The lowest BCUT2D eigenvalue weighted by Crippen LogP contribution is -2.39. The first-order valence-electron chi connectivity index (χ1n) is 14.2. The van der Waals surface area contributed by atoms with Gasteiger partial charge in [0.1, 0.15) is 5.75 Å². The molecule has 44 heavy (non-hydrogen) atoms. The number of rotatable bonds is 10. The fourth-order valence-corrected chi connectivity index (χ4v) is 5.03. The number of aliphatic carboxylic acids is 1. The minimum atomic E-state index is -4.83. The van der Waals surface area contributed by atoms with E-state index in [2.05, 4.69) is 32.5 Å². The molecule has 0 aliphatic heterocycles. The Kier molecular flexibility index (Phi) is 10.8. The lowest BCUT2D eigenvalue weighted by molar-refractivity contribution is -0.274. The minimum Gasteiger partial charge on any atom is -0.481 e. The number of amides is 1. The molecular formula is C32H32F3N5O4. The molecular weight excluding hydrogens is 575 g/mol. The van der Waals surface area contributed by atoms with Gasteiger partial charge in [-0.05, 0) is 78.4 Å². The highest BCUT2D eigenvalue weighted by atomic mass is 19.4. The molecule has 0 aromatic heterocycles. The molecule has 1 saturated carbocycles. The van der Waals surface area contributed by atoms with Crippen molar-refractivity contribution >= 4 is 29.2 Å². The average Bonchev–Trinajstić information content (AvgIpc) is 3.00. The van der Waals surface area contributed by atoms with Gasteiger partial charge in [-0.1, -0.05) is 43.5 Å². The summed E-state index contributed by atoms with van der Waals surface area (Å²) in [5.41, 5.74) is 3.37. The predicted molar refractivity (Wildman–Crippen MR) is 158 cm³/mol. The van der Waals surface area contributed by atoms with Crippen LogP contribution in [0.2, 0.25) is 0 Å². The number of halogens is 3. The first-order chi connectivity index (χ1) is 21.1. The van der Waals surface area contributed by atoms with Gasteiger partial charge in [0.25, 0.3) is 5.91 Å². The van der Waals surface area contributed by atoms with E-state index in [9.17, 15) is 28.0 Å². The molecule has 0 radical (unpaired) electrons. The minimum absolute atomic E-state index is 0.00348. The Bertz CT molecular complexity index is 1480. The molecule has 0 unspecified atom stereocenters. The van der Waals surface area contributed by atoms with Crippen LogP contribution in [-0.4, -0.2) is 35.8 Å². The Balaban J connectivity index is 1.62. The maximum Gasteiger partial charge on any atom is 0.573 e. The molecule has 4 rings (SSSR count). The first kappa shape index (κ1) is 31.9. The summed E-state index contributed by atoms with van der Waals surface area (Å²) in [5.74, 6) is -1.18. The van der Waals surface area contributed by atoms with Crippen LogP contribution >= 0.6 is 0 Å². The number of anilines is 1. The number of guanidine groups is 1. The van der Waals surface area contributed by atoms with Gasteiger partial charge < -0.3 is 20.1 Å². The summed E-state index contributed by atoms with van der Waals surface area (Å²) in [5, 5.41) is 23.5. The fraction of sp³-hybridized carbons (Fsp3) is 0.312. The van der Waals surface area contributed by atoms with E-state index in [0.717, 1.165) is 36.2 Å². The quantitative estimate of drug-likeness (QED) is 0.103. The van der Waals surface area contributed by atoms with Crippen molar-refractivity contribution in [3.63, 3.8) is 0 Å². The molecule has 1 aliphatic carbocycles. The van der Waals surface area contributed by atoms with Crippen LogP contribution in [0.1, 0.15) is 65.9 Å². The van der Waals surface area contributed by atoms with Gasteiger partial charge in [0.2, 0.25) is 5.96 Å². The zero-order chi connectivity index (χ0) is 31.5. The molecule has 12 heteroatoms. The Morgan fingerprint density at radius 1 is 0.977 bits per heavy atom. The van der Waals surface area contributed by atoms with Crippen molar-refractivity contribution in [2.75, 3.05) is 11.4 Å². The number of aliphatic imine (C=N–C) groups is 1. The van der Waals surface area contributed by atoms with Crippen LogP contribution in [-0.2, 0) is 11.3 Å². The second kappa shape index (κ2) is 14.9. The molecule has 0 bridgehead atoms. The number of nitrogens with one attached hydrogen (secondary N) is 2. The molecule has 9 nitrogen and oxygen atoms in total. The van der Waals surface area contributed by atoms with E-state index in [1.807, 2.05) is 18.3 Å². The van der Waals surface area contributed by atoms with Gasteiger partial charge in [0.15, 0.2) is 6.19 Å². The van der Waals surface area contributed by atoms with Crippen molar-refractivity contribution in [2.45, 2.75) is 57.3 Å². The second-order valence-electron chi connectivity index (χ2n) is 10.3. The Morgan fingerprint density at radius 3 is 2.23 bits per heavy atom. The first-order valence-corrected chi connectivity index (χ1v) is 14.2. The average molecular weight is 608 g/mol. The molecule has 0 atom stereocenters. The zero-order valence-electron chi connectivity index (χ0n) is 23.8. The van der Waals surface area contributed by atoms with Gasteiger partial charge in [0.05, 0.1) is 18.7 Å². The third-order valence-corrected chi connectivity index (χ3v) is 7.19. The molecule has 3 N–H and O–H groups in total. The molecule has 0 spiro atoms. The Hall–Kier alpha value is -5.05. The predicted octanol–water partition coefficient (Wildman–Crippen LogP) is 6.60. The SMILES string of the molecule is N#CNC(=Nc1ccc(OC(F)(F)F)cc1)N(Cc1ccc(C(=O)NCCC(=O)O)cc1)c1ccc(C2CCCCC2)cc1. The van der Waals surface area contributed by atoms with E-state index in [1.54, 1.807) is 29.2 Å². The number of carbonyl (C=O) groups excluding carboxylic acids is 1. The Morgan fingerprint density at radius 2 is 1.64 bits per heavy atom. The van der Waals surface area contributed by atoms with Crippen LogP contribution in [0.4, 0.5) is 24.5 Å². The lowest BCUT2D eigenvalue weighted by Gasteiger charge is -2.27. The smallest absolute Gasteiger partial charge is 0.481 e. The summed E-state index contributed by atoms with van der Waals surface area (Å²) in [6, 6.07) is 19.7. The van der Waals surface area contributed by atoms with Crippen molar-refractivity contribution in [3.8, 4) is 11.9 Å². The van der Waals surface area contributed by atoms with Gasteiger partial charge in [-0.2, -0.15) is 5.26 Å². The highest BCUT2D eigenvalue weighted by Gasteiger charge is 2.31. The standard InChI is InChI=1S/C32H32F3N5O4/c33-32(34,35)44-28-16-12-26(13-17-28)39-31(38-21-36)40(27-14-10-24(11-15-27)23-4-2-1-3-5-23)20-22-6-8-25(9-7-22)30(43)37-19-18-29(41)42/h6-17,23H,1-5,18-20H2,(H,37,43)(H,38,39)(H,41,42). The summed E-state index contributed by atoms with van der Waals surface area (Å²) in [4.78, 5) is 29.4. The maximum absolute atomic E-state index is 12.6. The van der Waals surface area contributed by atoms with Gasteiger partial charge in [0, 0.05) is 17.8 Å². The second-order valence-corrected chi connectivity index (χ2v) is 10.3. The van der Waals surface area contributed by atoms with Gasteiger partial charge in [-0.25, -0.2) is 4.99 Å². The number of alkyl halides is 3. The van der Waals surface area contributed by atoms with Crippen LogP contribution in [0.5, 0.6) is 5.75 Å². The van der Waals surface area contributed by atoms with E-state index in [1.165, 1.54) is 37.0 Å². The number of carbonyl (C=O) groups is 2. The number of nitrogens with zero attached hydrogens (tertiary/aromatic N) is 3. The lowest BCUT2D eigenvalue weighted by atomic mass is 9.84. The molecule has 1 aliphatic rings. The summed E-state index contributed by atoms with van der Waals surface area (Å²) < 4.78 is 41.8. The number of nitriles is 1. The summed E-state index contributed by atoms with van der Waals surface area (Å²) in [6.07, 6.45) is 2.78. The number of carboxylic acid groups (broad SMARTS) is 1. The molecule has 3 aromatic carbocycles. The van der Waals surface area contributed by atoms with Crippen molar-refractivity contribution in [3.05, 3.63) is 89.5 Å². The molecule has 1 amide bonds. The normalized spacial score (nSPS) is 13.9. The zero-order valence-corrected chi connectivity index (χ0v) is 23.8. The van der Waals surface area contributed by atoms with Crippen molar-refractivity contribution in [1.29, 1.82) is 5.26 Å². The molecule has 0 saturated heterocycles. The molecule has 0 heterocycles. The number of carboxylic acids is 1. The van der Waals surface area contributed by atoms with Crippen LogP contribution in [0.15, 0.2) is 77.8 Å². The van der Waals surface area contributed by atoms with Gasteiger partial charge in [-0.3, -0.25) is 14.9 Å². The van der Waals surface area contributed by atoms with Crippen LogP contribution in [0.3, 0.4) is 0 Å². The summed E-state index contributed by atoms with van der Waals surface area (Å²) >= 11 is 0. The maximum atomic E-state index is 12.6. The molecule has 230 valence electrons. The summed E-state index contributed by atoms with van der Waals surface area (Å²) in [6.45, 7) is 0.232. The van der Waals surface area contributed by atoms with Gasteiger partial charge >= 0.3 is 12.3 Å². The Labute approximate surface area is 253 Å². The summed E-state index contributed by atoms with van der Waals surface area (Å²) in [7, 11) is 0. The topological polar surface area (TPSA) is 127 Å². The van der Waals surface area contributed by atoms with E-state index >= 15 is 0 Å². The number of ether oxygens (including phenoxy) is 1. The largest absolute Gasteiger partial charge is 0.573 e.